The minimum atomic E-state index is 0.227. The summed E-state index contributed by atoms with van der Waals surface area (Å²) in [5.74, 6) is 0.623. The van der Waals surface area contributed by atoms with E-state index in [1.54, 1.807) is 0 Å². The van der Waals surface area contributed by atoms with E-state index in [0.717, 1.165) is 12.8 Å². The highest BCUT2D eigenvalue weighted by Gasteiger charge is 2.19. The summed E-state index contributed by atoms with van der Waals surface area (Å²) in [4.78, 5) is 0. The molecule has 1 radical (unpaired) electrons. The fourth-order valence-corrected chi connectivity index (χ4v) is 1.29. The van der Waals surface area contributed by atoms with Crippen molar-refractivity contribution in [2.24, 2.45) is 5.92 Å². The van der Waals surface area contributed by atoms with Gasteiger partial charge in [-0.15, -0.1) is 0 Å². The molecular weight excluding hydrogens is 132 g/mol. The summed E-state index contributed by atoms with van der Waals surface area (Å²) in [6.45, 7) is 7.94. The zero-order valence-corrected chi connectivity index (χ0v) is 6.91. The van der Waals surface area contributed by atoms with Crippen molar-refractivity contribution in [3.05, 3.63) is 6.92 Å². The number of rotatable bonds is 4. The maximum atomic E-state index is 10.3. The van der Waals surface area contributed by atoms with Crippen LogP contribution in [-0.4, -0.2) is 5.25 Å². The fourth-order valence-electron chi connectivity index (χ4n) is 0.731. The van der Waals surface area contributed by atoms with Crippen LogP contribution in [0.3, 0.4) is 0 Å². The summed E-state index contributed by atoms with van der Waals surface area (Å²) in [5.41, 5.74) is 0. The summed E-state index contributed by atoms with van der Waals surface area (Å²) in [6, 6.07) is 0. The topological polar surface area (TPSA) is 17.1 Å². The van der Waals surface area contributed by atoms with Gasteiger partial charge in [-0.2, -0.15) is 0 Å². The Morgan fingerprint density at radius 3 is 2.22 bits per heavy atom. The quantitative estimate of drug-likeness (QED) is 0.555. The summed E-state index contributed by atoms with van der Waals surface area (Å²) < 4.78 is 10.3. The second-order valence-electron chi connectivity index (χ2n) is 2.64. The van der Waals surface area contributed by atoms with Crippen molar-refractivity contribution in [1.29, 1.82) is 0 Å². The van der Waals surface area contributed by atoms with Crippen LogP contribution in [0.1, 0.15) is 26.7 Å². The predicted molar refractivity (Wildman–Crippen MR) is 41.3 cm³/mol. The molecule has 0 aliphatic carbocycles. The lowest BCUT2D eigenvalue weighted by atomic mass is 10.1. The van der Waals surface area contributed by atoms with Crippen LogP contribution in [0, 0.1) is 12.8 Å². The molecule has 0 aliphatic rings. The Balaban J connectivity index is 3.42. The number of hydrogen-bond donors (Lipinski definition) is 0. The SMILES string of the molecule is [CH2]CC(CC(C)C)[S+]=O. The van der Waals surface area contributed by atoms with Crippen molar-refractivity contribution in [1.82, 2.24) is 0 Å². The van der Waals surface area contributed by atoms with Gasteiger partial charge in [-0.25, -0.2) is 0 Å². The van der Waals surface area contributed by atoms with Crippen molar-refractivity contribution in [2.45, 2.75) is 31.9 Å². The number of hydrogen-bond acceptors (Lipinski definition) is 1. The second-order valence-corrected chi connectivity index (χ2v) is 3.50. The molecule has 0 bridgehead atoms. The molecule has 0 aromatic heterocycles. The predicted octanol–water partition coefficient (Wildman–Crippen LogP) is 2.05. The minimum absolute atomic E-state index is 0.227. The summed E-state index contributed by atoms with van der Waals surface area (Å²) in [5, 5.41) is 0.227. The van der Waals surface area contributed by atoms with Crippen LogP contribution in [0.5, 0.6) is 0 Å². The fraction of sp³-hybridized carbons (Fsp3) is 0.857. The molecule has 2 heteroatoms. The molecule has 0 saturated heterocycles. The van der Waals surface area contributed by atoms with E-state index in [9.17, 15) is 4.21 Å². The lowest BCUT2D eigenvalue weighted by Gasteiger charge is -1.99. The van der Waals surface area contributed by atoms with E-state index >= 15 is 0 Å². The Kier molecular flexibility index (Phi) is 4.87. The molecule has 0 aromatic rings. The van der Waals surface area contributed by atoms with E-state index < -0.39 is 0 Å². The molecule has 0 spiro atoms. The van der Waals surface area contributed by atoms with Crippen molar-refractivity contribution in [3.8, 4) is 0 Å². The molecule has 0 saturated carbocycles. The van der Waals surface area contributed by atoms with Gasteiger partial charge in [0.15, 0.2) is 0 Å². The van der Waals surface area contributed by atoms with Crippen molar-refractivity contribution >= 4 is 11.7 Å². The zero-order valence-electron chi connectivity index (χ0n) is 6.09. The third-order valence-electron chi connectivity index (χ3n) is 1.19. The highest BCUT2D eigenvalue weighted by molar-refractivity contribution is 7.66. The molecule has 0 N–H and O–H groups in total. The third kappa shape index (κ3) is 4.52. The first-order valence-electron chi connectivity index (χ1n) is 3.28. The van der Waals surface area contributed by atoms with E-state index in [1.165, 1.54) is 0 Å². The molecule has 1 unspecified atom stereocenters. The van der Waals surface area contributed by atoms with Crippen LogP contribution < -0.4 is 0 Å². The van der Waals surface area contributed by atoms with E-state index in [4.69, 9.17) is 0 Å². The first kappa shape index (κ1) is 9.02. The smallest absolute Gasteiger partial charge is 0.0626 e. The van der Waals surface area contributed by atoms with Gasteiger partial charge in [0.05, 0.1) is 0 Å². The highest BCUT2D eigenvalue weighted by atomic mass is 32.1. The van der Waals surface area contributed by atoms with Crippen LogP contribution in [-0.2, 0) is 15.9 Å². The second kappa shape index (κ2) is 4.86. The highest BCUT2D eigenvalue weighted by Crippen LogP contribution is 2.08. The molecule has 0 aliphatic heterocycles. The Hall–Kier alpha value is 0.0200. The molecule has 0 rings (SSSR count). The van der Waals surface area contributed by atoms with Gasteiger partial charge in [0, 0.05) is 17.1 Å². The van der Waals surface area contributed by atoms with Crippen molar-refractivity contribution in [3.63, 3.8) is 0 Å². The van der Waals surface area contributed by atoms with E-state index in [1.807, 2.05) is 0 Å². The summed E-state index contributed by atoms with van der Waals surface area (Å²) in [7, 11) is 0. The van der Waals surface area contributed by atoms with Gasteiger partial charge < -0.3 is 0 Å². The van der Waals surface area contributed by atoms with Crippen LogP contribution in [0.2, 0.25) is 0 Å². The Bertz CT molecular complexity index is 81.0. The third-order valence-corrected chi connectivity index (χ3v) is 1.89. The molecule has 1 atom stereocenters. The van der Waals surface area contributed by atoms with Gasteiger partial charge in [0.25, 0.3) is 0 Å². The van der Waals surface area contributed by atoms with Crippen LogP contribution in [0.15, 0.2) is 0 Å². The molecule has 53 valence electrons. The molecule has 0 aromatic carbocycles. The molecule has 0 amide bonds. The van der Waals surface area contributed by atoms with E-state index in [0.29, 0.717) is 17.6 Å². The zero-order chi connectivity index (χ0) is 7.28. The monoisotopic (exact) mass is 146 g/mol. The van der Waals surface area contributed by atoms with Gasteiger partial charge in [-0.05, 0) is 12.8 Å². The molecule has 0 heterocycles. The van der Waals surface area contributed by atoms with Crippen LogP contribution >= 0.6 is 0 Å². The largest absolute Gasteiger partial charge is 0.462 e. The Morgan fingerprint density at radius 2 is 2.11 bits per heavy atom. The molecule has 0 fully saturated rings. The maximum absolute atomic E-state index is 10.3. The maximum Gasteiger partial charge on any atom is 0.462 e. The molecule has 1 nitrogen and oxygen atoms in total. The van der Waals surface area contributed by atoms with Gasteiger partial charge in [-0.1, -0.05) is 13.8 Å². The van der Waals surface area contributed by atoms with Gasteiger partial charge in [-0.3, -0.25) is 0 Å². The standard InChI is InChI=1S/C7H14OS/c1-4-7(9-8)5-6(2)3/h6-7H,1,4-5H2,2-3H3/q+1. The lowest BCUT2D eigenvalue weighted by Crippen LogP contribution is -2.07. The van der Waals surface area contributed by atoms with Crippen LogP contribution in [0.25, 0.3) is 0 Å². The van der Waals surface area contributed by atoms with E-state index in [-0.39, 0.29) is 5.25 Å². The first-order valence-corrected chi connectivity index (χ1v) is 4.09. The normalized spacial score (nSPS) is 13.8. The average molecular weight is 146 g/mol. The lowest BCUT2D eigenvalue weighted by molar-refractivity contribution is 0.547. The van der Waals surface area contributed by atoms with Crippen molar-refractivity contribution in [2.75, 3.05) is 0 Å². The Labute approximate surface area is 61.3 Å². The van der Waals surface area contributed by atoms with Gasteiger partial charge in [0.2, 0.25) is 5.25 Å². The van der Waals surface area contributed by atoms with Gasteiger partial charge in [0.1, 0.15) is 0 Å². The van der Waals surface area contributed by atoms with E-state index in [2.05, 4.69) is 20.8 Å². The first-order chi connectivity index (χ1) is 4.20. The molecule has 9 heavy (non-hydrogen) atoms. The minimum Gasteiger partial charge on any atom is -0.0626 e. The summed E-state index contributed by atoms with van der Waals surface area (Å²) in [6.07, 6.45) is 1.75. The summed E-state index contributed by atoms with van der Waals surface area (Å²) >= 11 is 0.686. The van der Waals surface area contributed by atoms with Gasteiger partial charge >= 0.3 is 11.7 Å². The van der Waals surface area contributed by atoms with Crippen LogP contribution in [0.4, 0.5) is 0 Å². The average Bonchev–Trinajstić information content (AvgIpc) is 1.82. The molecular formula is C7H14OS+. The Morgan fingerprint density at radius 1 is 1.56 bits per heavy atom. The van der Waals surface area contributed by atoms with Crippen molar-refractivity contribution < 1.29 is 4.21 Å².